The number of nitrogens with zero attached hydrogens (tertiary/aromatic N) is 1. The zero-order valence-corrected chi connectivity index (χ0v) is 10.2. The molecule has 0 radical (unpaired) electrons. The van der Waals surface area contributed by atoms with Crippen molar-refractivity contribution in [3.63, 3.8) is 0 Å². The monoisotopic (exact) mass is 245 g/mol. The Balaban J connectivity index is 0.00000108. The van der Waals surface area contributed by atoms with Crippen molar-refractivity contribution in [2.24, 2.45) is 4.99 Å². The molecule has 0 bridgehead atoms. The highest BCUT2D eigenvalue weighted by molar-refractivity contribution is 5.88. The molecule has 2 nitrogen and oxygen atoms in total. The topological polar surface area (TPSA) is 24.4 Å². The van der Waals surface area contributed by atoms with E-state index in [2.05, 4.69) is 52.8 Å². The van der Waals surface area contributed by atoms with Gasteiger partial charge >= 0.3 is 0 Å². The summed E-state index contributed by atoms with van der Waals surface area (Å²) < 4.78 is 0. The van der Waals surface area contributed by atoms with E-state index in [0.717, 1.165) is 25.3 Å². The van der Waals surface area contributed by atoms with Crippen molar-refractivity contribution in [2.75, 3.05) is 13.1 Å². The molecule has 0 saturated carbocycles. The van der Waals surface area contributed by atoms with Crippen LogP contribution >= 0.6 is 0 Å². The van der Waals surface area contributed by atoms with Gasteiger partial charge in [-0.3, -0.25) is 4.99 Å². The minimum absolute atomic E-state index is 0. The van der Waals surface area contributed by atoms with Crippen LogP contribution in [0.3, 0.4) is 0 Å². The SMILES string of the molecule is [Cl-].c1ccc2cc(CC3=NCCN3)ccc2c1. The number of fused-ring (bicyclic) bond motifs is 1. The van der Waals surface area contributed by atoms with Crippen LogP contribution in [0.15, 0.2) is 47.5 Å². The first-order valence-electron chi connectivity index (χ1n) is 5.67. The number of benzene rings is 2. The Morgan fingerprint density at radius 2 is 1.88 bits per heavy atom. The fourth-order valence-electron chi connectivity index (χ4n) is 2.11. The lowest BCUT2D eigenvalue weighted by Crippen LogP contribution is -3.00. The maximum Gasteiger partial charge on any atom is 0.101 e. The summed E-state index contributed by atoms with van der Waals surface area (Å²) in [6.07, 6.45) is 0.921. The van der Waals surface area contributed by atoms with Crippen LogP contribution in [0.25, 0.3) is 10.8 Å². The van der Waals surface area contributed by atoms with Crippen molar-refractivity contribution in [1.82, 2.24) is 5.32 Å². The van der Waals surface area contributed by atoms with Crippen LogP contribution in [0.2, 0.25) is 0 Å². The van der Waals surface area contributed by atoms with Crippen molar-refractivity contribution < 1.29 is 12.4 Å². The summed E-state index contributed by atoms with van der Waals surface area (Å²) in [5.41, 5.74) is 1.33. The van der Waals surface area contributed by atoms with Crippen LogP contribution in [-0.2, 0) is 6.42 Å². The lowest BCUT2D eigenvalue weighted by Gasteiger charge is -2.04. The Bertz CT molecular complexity index is 549. The third-order valence-electron chi connectivity index (χ3n) is 2.93. The first-order chi connectivity index (χ1) is 7.92. The molecule has 3 heteroatoms. The molecule has 0 atom stereocenters. The third kappa shape index (κ3) is 2.59. The van der Waals surface area contributed by atoms with E-state index in [-0.39, 0.29) is 12.4 Å². The summed E-state index contributed by atoms with van der Waals surface area (Å²) in [7, 11) is 0. The fraction of sp³-hybridized carbons (Fsp3) is 0.214. The van der Waals surface area contributed by atoms with Gasteiger partial charge < -0.3 is 17.7 Å². The summed E-state index contributed by atoms with van der Waals surface area (Å²) in [6.45, 7) is 1.91. The van der Waals surface area contributed by atoms with Gasteiger partial charge in [0.25, 0.3) is 0 Å². The zero-order valence-electron chi connectivity index (χ0n) is 9.49. The zero-order chi connectivity index (χ0) is 10.8. The first-order valence-corrected chi connectivity index (χ1v) is 5.67. The number of hydrogen-bond donors (Lipinski definition) is 1. The maximum atomic E-state index is 4.42. The van der Waals surface area contributed by atoms with Crippen molar-refractivity contribution in [2.45, 2.75) is 6.42 Å². The molecule has 0 unspecified atom stereocenters. The molecule has 0 aromatic heterocycles. The molecule has 2 aromatic rings. The molecular formula is C14H14ClN2-. The van der Waals surface area contributed by atoms with E-state index in [4.69, 9.17) is 0 Å². The second-order valence-corrected chi connectivity index (χ2v) is 4.11. The van der Waals surface area contributed by atoms with Gasteiger partial charge in [-0.1, -0.05) is 42.5 Å². The molecule has 1 heterocycles. The van der Waals surface area contributed by atoms with Gasteiger partial charge in [-0.05, 0) is 16.3 Å². The molecule has 1 aliphatic rings. The number of hydrogen-bond acceptors (Lipinski definition) is 2. The Kier molecular flexibility index (Phi) is 3.64. The number of halogens is 1. The standard InChI is InChI=1S/C14H14N2.ClH/c1-2-4-13-9-11(5-6-12(13)3-1)10-14-15-7-8-16-14;/h1-6,9H,7-8,10H2,(H,15,16);1H/p-1. The minimum atomic E-state index is 0. The molecule has 1 N–H and O–H groups in total. The molecule has 2 aromatic carbocycles. The molecule has 17 heavy (non-hydrogen) atoms. The molecule has 3 rings (SSSR count). The maximum absolute atomic E-state index is 4.42. The quantitative estimate of drug-likeness (QED) is 0.750. The van der Waals surface area contributed by atoms with Crippen molar-refractivity contribution in [3.05, 3.63) is 48.0 Å². The third-order valence-corrected chi connectivity index (χ3v) is 2.93. The average Bonchev–Trinajstić information content (AvgIpc) is 2.82. The van der Waals surface area contributed by atoms with E-state index in [1.54, 1.807) is 0 Å². The van der Waals surface area contributed by atoms with E-state index in [0.29, 0.717) is 0 Å². The van der Waals surface area contributed by atoms with Crippen molar-refractivity contribution in [3.8, 4) is 0 Å². The van der Waals surface area contributed by atoms with E-state index in [1.165, 1.54) is 16.3 Å². The lowest BCUT2D eigenvalue weighted by atomic mass is 10.0. The summed E-state index contributed by atoms with van der Waals surface area (Å²) in [6, 6.07) is 15.1. The van der Waals surface area contributed by atoms with Gasteiger partial charge in [-0.15, -0.1) is 0 Å². The van der Waals surface area contributed by atoms with Gasteiger partial charge in [-0.25, -0.2) is 0 Å². The number of aliphatic imine (C=N–C) groups is 1. The van der Waals surface area contributed by atoms with Gasteiger partial charge in [0.2, 0.25) is 0 Å². The van der Waals surface area contributed by atoms with Gasteiger partial charge in [-0.2, -0.15) is 0 Å². The molecule has 0 amide bonds. The van der Waals surface area contributed by atoms with Gasteiger partial charge in [0.15, 0.2) is 0 Å². The smallest absolute Gasteiger partial charge is 0.101 e. The minimum Gasteiger partial charge on any atom is -1.00 e. The lowest BCUT2D eigenvalue weighted by molar-refractivity contribution is -0.00000327. The van der Waals surface area contributed by atoms with E-state index < -0.39 is 0 Å². The largest absolute Gasteiger partial charge is 1.00 e. The Morgan fingerprint density at radius 1 is 1.06 bits per heavy atom. The second kappa shape index (κ2) is 5.19. The van der Waals surface area contributed by atoms with Crippen LogP contribution < -0.4 is 17.7 Å². The second-order valence-electron chi connectivity index (χ2n) is 4.11. The summed E-state index contributed by atoms with van der Waals surface area (Å²) in [5, 5.41) is 5.91. The summed E-state index contributed by atoms with van der Waals surface area (Å²) in [5.74, 6) is 1.12. The van der Waals surface area contributed by atoms with Crippen molar-refractivity contribution >= 4 is 16.6 Å². The molecular weight excluding hydrogens is 232 g/mol. The number of rotatable bonds is 2. The number of amidine groups is 1. The Labute approximate surface area is 107 Å². The Hall–Kier alpha value is -1.54. The molecule has 0 fully saturated rings. The van der Waals surface area contributed by atoms with Gasteiger partial charge in [0.1, 0.15) is 5.84 Å². The van der Waals surface area contributed by atoms with E-state index in [9.17, 15) is 0 Å². The normalized spacial score (nSPS) is 14.0. The summed E-state index contributed by atoms with van der Waals surface area (Å²) in [4.78, 5) is 4.42. The average molecular weight is 246 g/mol. The van der Waals surface area contributed by atoms with Crippen LogP contribution in [0.4, 0.5) is 0 Å². The van der Waals surface area contributed by atoms with E-state index in [1.807, 2.05) is 0 Å². The first kappa shape index (κ1) is 11.9. The predicted octanol–water partition coefficient (Wildman–Crippen LogP) is -0.612. The molecule has 1 aliphatic heterocycles. The molecule has 0 saturated heterocycles. The van der Waals surface area contributed by atoms with Crippen LogP contribution in [0, 0.1) is 0 Å². The number of nitrogens with one attached hydrogen (secondary N) is 1. The van der Waals surface area contributed by atoms with Gasteiger partial charge in [0.05, 0.1) is 6.54 Å². The molecule has 0 spiro atoms. The molecule has 0 aliphatic carbocycles. The van der Waals surface area contributed by atoms with Gasteiger partial charge in [0, 0.05) is 13.0 Å². The Morgan fingerprint density at radius 3 is 2.65 bits per heavy atom. The highest BCUT2D eigenvalue weighted by atomic mass is 35.5. The highest BCUT2D eigenvalue weighted by Gasteiger charge is 2.05. The highest BCUT2D eigenvalue weighted by Crippen LogP contribution is 2.16. The summed E-state index contributed by atoms with van der Waals surface area (Å²) >= 11 is 0. The van der Waals surface area contributed by atoms with Crippen LogP contribution in [0.5, 0.6) is 0 Å². The fourth-order valence-corrected chi connectivity index (χ4v) is 2.11. The van der Waals surface area contributed by atoms with Crippen molar-refractivity contribution in [1.29, 1.82) is 0 Å². The predicted molar refractivity (Wildman–Crippen MR) is 68.0 cm³/mol. The van der Waals surface area contributed by atoms with E-state index >= 15 is 0 Å². The van der Waals surface area contributed by atoms with Crippen LogP contribution in [-0.4, -0.2) is 18.9 Å². The van der Waals surface area contributed by atoms with Crippen LogP contribution in [0.1, 0.15) is 5.56 Å². The molecule has 88 valence electrons.